The van der Waals surface area contributed by atoms with Crippen molar-refractivity contribution in [2.24, 2.45) is 0 Å². The Morgan fingerprint density at radius 1 is 0.852 bits per heavy atom. The molecule has 2 aromatic carbocycles. The Morgan fingerprint density at radius 3 is 1.59 bits per heavy atom. The summed E-state index contributed by atoms with van der Waals surface area (Å²) in [6, 6.07) is 21.7. The molecule has 1 atom stereocenters. The first kappa shape index (κ1) is 20.1. The first-order valence-electron chi connectivity index (χ1n) is 9.75. The number of allylic oxidation sites excluding steroid dienone is 1. The summed E-state index contributed by atoms with van der Waals surface area (Å²) in [5.74, 6) is 0. The standard InChI is InChI=1S/C23H31BO2Si/c1-18(24-25-22(3,4)23(5,6)26-24)19(2)27(7,20-14-10-8-11-15-20)21-16-12-9-13-17-21/h8-17,19H,1H2,2-7H3/t19-/m0/s1. The lowest BCUT2D eigenvalue weighted by Crippen LogP contribution is -2.59. The predicted molar refractivity (Wildman–Crippen MR) is 118 cm³/mol. The topological polar surface area (TPSA) is 18.5 Å². The third-order valence-corrected chi connectivity index (χ3v) is 11.9. The second-order valence-corrected chi connectivity index (χ2v) is 13.2. The van der Waals surface area contributed by atoms with E-state index in [1.165, 1.54) is 10.4 Å². The van der Waals surface area contributed by atoms with Gasteiger partial charge in [-0.3, -0.25) is 0 Å². The zero-order valence-corrected chi connectivity index (χ0v) is 18.5. The molecule has 0 aliphatic carbocycles. The maximum Gasteiger partial charge on any atom is 0.489 e. The highest BCUT2D eigenvalue weighted by molar-refractivity contribution is 7.03. The van der Waals surface area contributed by atoms with Crippen LogP contribution in [0.15, 0.2) is 72.7 Å². The fourth-order valence-electron chi connectivity index (χ4n) is 3.80. The normalized spacial score (nSPS) is 19.7. The molecule has 2 aromatic rings. The Labute approximate surface area is 165 Å². The molecule has 0 unspecified atom stereocenters. The molecule has 27 heavy (non-hydrogen) atoms. The Kier molecular flexibility index (Phi) is 5.28. The average molecular weight is 378 g/mol. The molecule has 0 bridgehead atoms. The summed E-state index contributed by atoms with van der Waals surface area (Å²) in [6.45, 7) is 17.6. The molecule has 142 valence electrons. The Hall–Kier alpha value is -1.62. The van der Waals surface area contributed by atoms with Gasteiger partial charge < -0.3 is 9.31 Å². The van der Waals surface area contributed by atoms with Crippen LogP contribution in [0.1, 0.15) is 34.6 Å². The SMILES string of the molecule is C=C(B1OC(C)(C)C(C)(C)O1)[C@H](C)[Si](C)(c1ccccc1)c1ccccc1. The summed E-state index contributed by atoms with van der Waals surface area (Å²) in [4.78, 5) is 0. The molecule has 0 amide bonds. The highest BCUT2D eigenvalue weighted by Gasteiger charge is 2.54. The van der Waals surface area contributed by atoms with Crippen LogP contribution in [0.3, 0.4) is 0 Å². The van der Waals surface area contributed by atoms with Crippen LogP contribution in [-0.2, 0) is 9.31 Å². The molecular formula is C23H31BO2Si. The van der Waals surface area contributed by atoms with E-state index in [1.807, 2.05) is 0 Å². The number of rotatable bonds is 5. The van der Waals surface area contributed by atoms with Gasteiger partial charge in [-0.15, -0.1) is 6.58 Å². The van der Waals surface area contributed by atoms with Crippen LogP contribution in [0, 0.1) is 0 Å². The first-order chi connectivity index (χ1) is 12.6. The van der Waals surface area contributed by atoms with E-state index in [4.69, 9.17) is 9.31 Å². The van der Waals surface area contributed by atoms with E-state index >= 15 is 0 Å². The van der Waals surface area contributed by atoms with Crippen molar-refractivity contribution in [1.82, 2.24) is 0 Å². The van der Waals surface area contributed by atoms with Crippen LogP contribution in [0.4, 0.5) is 0 Å². The Morgan fingerprint density at radius 2 is 1.22 bits per heavy atom. The van der Waals surface area contributed by atoms with Crippen molar-refractivity contribution in [3.05, 3.63) is 72.7 Å². The Bertz CT molecular complexity index is 746. The molecule has 0 aromatic heterocycles. The lowest BCUT2D eigenvalue weighted by atomic mass is 9.77. The fraction of sp³-hybridized carbons (Fsp3) is 0.391. The van der Waals surface area contributed by atoms with Crippen molar-refractivity contribution in [3.8, 4) is 0 Å². The highest BCUT2D eigenvalue weighted by Crippen LogP contribution is 2.41. The number of benzene rings is 2. The Balaban J connectivity index is 2.00. The van der Waals surface area contributed by atoms with Crippen molar-refractivity contribution in [1.29, 1.82) is 0 Å². The van der Waals surface area contributed by atoms with Gasteiger partial charge >= 0.3 is 7.12 Å². The number of hydrogen-bond donors (Lipinski definition) is 0. The molecule has 1 saturated heterocycles. The van der Waals surface area contributed by atoms with Gasteiger partial charge in [0.2, 0.25) is 0 Å². The van der Waals surface area contributed by atoms with Gasteiger partial charge in [0, 0.05) is 0 Å². The van der Waals surface area contributed by atoms with E-state index < -0.39 is 8.07 Å². The molecule has 3 rings (SSSR count). The maximum absolute atomic E-state index is 6.31. The predicted octanol–water partition coefficient (Wildman–Crippen LogP) is 4.46. The third kappa shape index (κ3) is 3.46. The van der Waals surface area contributed by atoms with Crippen LogP contribution in [0.25, 0.3) is 0 Å². The van der Waals surface area contributed by atoms with E-state index in [1.54, 1.807) is 0 Å². The molecule has 1 fully saturated rings. The summed E-state index contributed by atoms with van der Waals surface area (Å²) in [7, 11) is -2.46. The van der Waals surface area contributed by atoms with Crippen molar-refractivity contribution >= 4 is 25.6 Å². The molecule has 0 radical (unpaired) electrons. The monoisotopic (exact) mass is 378 g/mol. The second kappa shape index (κ2) is 7.08. The molecule has 2 nitrogen and oxygen atoms in total. The van der Waals surface area contributed by atoms with E-state index in [2.05, 4.69) is 108 Å². The van der Waals surface area contributed by atoms with Gasteiger partial charge in [-0.25, -0.2) is 0 Å². The van der Waals surface area contributed by atoms with Crippen LogP contribution < -0.4 is 10.4 Å². The van der Waals surface area contributed by atoms with Crippen molar-refractivity contribution < 1.29 is 9.31 Å². The zero-order valence-electron chi connectivity index (χ0n) is 17.5. The molecule has 1 aliphatic rings. The second-order valence-electron chi connectivity index (χ2n) is 8.82. The lowest BCUT2D eigenvalue weighted by Gasteiger charge is -2.36. The van der Waals surface area contributed by atoms with Gasteiger partial charge in [0.05, 0.1) is 11.2 Å². The van der Waals surface area contributed by atoms with E-state index in [0.717, 1.165) is 5.47 Å². The minimum Gasteiger partial charge on any atom is -0.400 e. The zero-order chi connectivity index (χ0) is 19.9. The molecule has 4 heteroatoms. The van der Waals surface area contributed by atoms with Crippen LogP contribution in [0.2, 0.25) is 12.1 Å². The highest BCUT2D eigenvalue weighted by atomic mass is 28.3. The van der Waals surface area contributed by atoms with Gasteiger partial charge in [0.15, 0.2) is 0 Å². The van der Waals surface area contributed by atoms with Crippen LogP contribution in [-0.4, -0.2) is 26.4 Å². The van der Waals surface area contributed by atoms with Gasteiger partial charge in [-0.1, -0.05) is 84.5 Å². The van der Waals surface area contributed by atoms with E-state index in [-0.39, 0.29) is 23.9 Å². The summed E-state index contributed by atoms with van der Waals surface area (Å²) in [6.07, 6.45) is 0. The van der Waals surface area contributed by atoms with E-state index in [0.29, 0.717) is 0 Å². The molecular weight excluding hydrogens is 347 g/mol. The first-order valence-corrected chi connectivity index (χ1v) is 12.3. The molecule has 1 heterocycles. The molecule has 0 spiro atoms. The van der Waals surface area contributed by atoms with E-state index in [9.17, 15) is 0 Å². The summed E-state index contributed by atoms with van der Waals surface area (Å²) < 4.78 is 12.6. The average Bonchev–Trinajstić information content (AvgIpc) is 2.88. The lowest BCUT2D eigenvalue weighted by molar-refractivity contribution is 0.00578. The van der Waals surface area contributed by atoms with Gasteiger partial charge in [-0.05, 0) is 38.7 Å². The van der Waals surface area contributed by atoms with Crippen molar-refractivity contribution in [2.75, 3.05) is 0 Å². The minimum atomic E-state index is -2.09. The largest absolute Gasteiger partial charge is 0.489 e. The summed E-state index contributed by atoms with van der Waals surface area (Å²) >= 11 is 0. The van der Waals surface area contributed by atoms with Gasteiger partial charge in [0.1, 0.15) is 8.07 Å². The maximum atomic E-state index is 6.31. The molecule has 0 saturated carbocycles. The van der Waals surface area contributed by atoms with Gasteiger partial charge in [0.25, 0.3) is 0 Å². The third-order valence-electron chi connectivity index (χ3n) is 6.73. The van der Waals surface area contributed by atoms with Crippen molar-refractivity contribution in [2.45, 2.75) is 57.9 Å². The van der Waals surface area contributed by atoms with Crippen LogP contribution >= 0.6 is 0 Å². The molecule has 0 N–H and O–H groups in total. The minimum absolute atomic E-state index is 0.261. The fourth-order valence-corrected chi connectivity index (χ4v) is 7.79. The smallest absolute Gasteiger partial charge is 0.400 e. The summed E-state index contributed by atoms with van der Waals surface area (Å²) in [5, 5.41) is 2.81. The summed E-state index contributed by atoms with van der Waals surface area (Å²) in [5.41, 5.74) is 0.600. The number of hydrogen-bond acceptors (Lipinski definition) is 2. The molecule has 1 aliphatic heterocycles. The van der Waals surface area contributed by atoms with Gasteiger partial charge in [-0.2, -0.15) is 0 Å². The quantitative estimate of drug-likeness (QED) is 0.716. The van der Waals surface area contributed by atoms with Crippen LogP contribution in [0.5, 0.6) is 0 Å². The van der Waals surface area contributed by atoms with Crippen molar-refractivity contribution in [3.63, 3.8) is 0 Å².